The summed E-state index contributed by atoms with van der Waals surface area (Å²) in [7, 11) is -4.57. The predicted octanol–water partition coefficient (Wildman–Crippen LogP) is 5.25. The molecule has 0 aliphatic heterocycles. The molecule has 1 fully saturated rings. The van der Waals surface area contributed by atoms with Crippen molar-refractivity contribution in [3.63, 3.8) is 0 Å². The fourth-order valence-electron chi connectivity index (χ4n) is 4.01. The molecule has 36 heavy (non-hydrogen) atoms. The van der Waals surface area contributed by atoms with Gasteiger partial charge in [-0.15, -0.1) is 0 Å². The first kappa shape index (κ1) is 25.9. The van der Waals surface area contributed by atoms with Gasteiger partial charge in [0, 0.05) is 17.6 Å². The highest BCUT2D eigenvalue weighted by molar-refractivity contribution is 7.89. The highest BCUT2D eigenvalue weighted by atomic mass is 32.2. The summed E-state index contributed by atoms with van der Waals surface area (Å²) >= 11 is 0. The van der Waals surface area contributed by atoms with Crippen LogP contribution in [-0.4, -0.2) is 35.2 Å². The summed E-state index contributed by atoms with van der Waals surface area (Å²) in [5, 5.41) is 9.86. The van der Waals surface area contributed by atoms with Crippen LogP contribution in [0.5, 0.6) is 0 Å². The second-order valence-corrected chi connectivity index (χ2v) is 10.3. The third-order valence-corrected chi connectivity index (χ3v) is 7.66. The van der Waals surface area contributed by atoms with Gasteiger partial charge in [-0.3, -0.25) is 4.98 Å². The van der Waals surface area contributed by atoms with E-state index in [9.17, 15) is 40.0 Å². The van der Waals surface area contributed by atoms with Crippen molar-refractivity contribution < 1.29 is 34.8 Å². The monoisotopic (exact) mass is 531 g/mol. The van der Waals surface area contributed by atoms with Crippen LogP contribution in [0.15, 0.2) is 29.3 Å². The molecule has 0 unspecified atom stereocenters. The van der Waals surface area contributed by atoms with Crippen LogP contribution in [0.25, 0.3) is 22.4 Å². The van der Waals surface area contributed by atoms with E-state index in [0.717, 1.165) is 24.8 Å². The van der Waals surface area contributed by atoms with Crippen molar-refractivity contribution in [2.24, 2.45) is 0 Å². The van der Waals surface area contributed by atoms with E-state index in [4.69, 9.17) is 0 Å². The molecule has 3 aromatic heterocycles. The van der Waals surface area contributed by atoms with Gasteiger partial charge in [-0.1, -0.05) is 0 Å². The van der Waals surface area contributed by atoms with Crippen LogP contribution in [0, 0.1) is 18.3 Å². The second-order valence-electron chi connectivity index (χ2n) is 8.54. The van der Waals surface area contributed by atoms with Gasteiger partial charge in [0.25, 0.3) is 0 Å². The zero-order valence-corrected chi connectivity index (χ0v) is 19.7. The zero-order chi connectivity index (χ0) is 26.6. The van der Waals surface area contributed by atoms with Gasteiger partial charge in [0.05, 0.1) is 28.2 Å². The SMILES string of the molecule is Cc1nc2c(cc1C(F)(F)F)c(C#N)c(-c1ccc(S(=O)(=O)N[C@@H](C)C(F)(F)F)cn1)n2C1CCC1. The largest absolute Gasteiger partial charge is 0.418 e. The molecular weight excluding hydrogens is 512 g/mol. The van der Waals surface area contributed by atoms with Gasteiger partial charge in [0.2, 0.25) is 10.0 Å². The van der Waals surface area contributed by atoms with Gasteiger partial charge in [-0.05, 0) is 51.3 Å². The van der Waals surface area contributed by atoms with Crippen LogP contribution in [-0.2, 0) is 16.2 Å². The molecule has 3 heterocycles. The first-order valence-electron chi connectivity index (χ1n) is 10.7. The smallest absolute Gasteiger partial charge is 0.320 e. The van der Waals surface area contributed by atoms with Crippen molar-refractivity contribution in [2.45, 2.75) is 62.4 Å². The number of hydrogen-bond donors (Lipinski definition) is 1. The van der Waals surface area contributed by atoms with Gasteiger partial charge in [-0.25, -0.2) is 13.4 Å². The average molecular weight is 531 g/mol. The number of aromatic nitrogens is 3. The second kappa shape index (κ2) is 8.74. The van der Waals surface area contributed by atoms with Crippen LogP contribution in [0.1, 0.15) is 49.0 Å². The summed E-state index contributed by atoms with van der Waals surface area (Å²) in [5.41, 5.74) is -0.932. The van der Waals surface area contributed by atoms with Crippen molar-refractivity contribution in [1.82, 2.24) is 19.3 Å². The number of rotatable bonds is 5. The summed E-state index contributed by atoms with van der Waals surface area (Å²) in [6.45, 7) is 1.87. The molecule has 3 aromatic rings. The Labute approximate surface area is 201 Å². The first-order valence-corrected chi connectivity index (χ1v) is 12.2. The van der Waals surface area contributed by atoms with Crippen molar-refractivity contribution in [1.29, 1.82) is 5.26 Å². The number of aryl methyl sites for hydroxylation is 1. The topological polar surface area (TPSA) is 101 Å². The van der Waals surface area contributed by atoms with Crippen LogP contribution in [0.2, 0.25) is 0 Å². The third kappa shape index (κ3) is 4.53. The Morgan fingerprint density at radius 2 is 1.86 bits per heavy atom. The minimum Gasteiger partial charge on any atom is -0.320 e. The summed E-state index contributed by atoms with van der Waals surface area (Å²) in [6, 6.07) is 2.52. The minimum atomic E-state index is -4.80. The standard InChI is InChI=1S/C22H19F6N5O2S/c1-11-17(22(26,27)28)8-15-16(9-29)19(33(20(15)31-11)13-4-3-5-13)18-7-6-14(10-30-18)36(34,35)32-12(2)21(23,24)25/h6-8,10,12-13,32H,3-5H2,1-2H3/t12-/m0/s1. The third-order valence-electron chi connectivity index (χ3n) is 6.14. The molecular formula is C22H19F6N5O2S. The van der Waals surface area contributed by atoms with Crippen molar-refractivity contribution in [3.8, 4) is 17.5 Å². The van der Waals surface area contributed by atoms with Crippen molar-refractivity contribution >= 4 is 21.1 Å². The molecule has 0 spiro atoms. The van der Waals surface area contributed by atoms with Crippen molar-refractivity contribution in [3.05, 3.63) is 41.2 Å². The minimum absolute atomic E-state index is 0.0171. The Balaban J connectivity index is 1.86. The van der Waals surface area contributed by atoms with E-state index < -0.39 is 38.9 Å². The molecule has 4 rings (SSSR count). The fraction of sp³-hybridized carbons (Fsp3) is 0.409. The first-order chi connectivity index (χ1) is 16.6. The summed E-state index contributed by atoms with van der Waals surface area (Å²) < 4.78 is 107. The number of nitrogens with one attached hydrogen (secondary N) is 1. The van der Waals surface area contributed by atoms with Gasteiger partial charge in [-0.2, -0.15) is 36.3 Å². The van der Waals surface area contributed by atoms with Gasteiger partial charge >= 0.3 is 12.4 Å². The van der Waals surface area contributed by atoms with Crippen LogP contribution in [0.4, 0.5) is 26.3 Å². The van der Waals surface area contributed by atoms with Crippen LogP contribution >= 0.6 is 0 Å². The lowest BCUT2D eigenvalue weighted by Gasteiger charge is -2.29. The predicted molar refractivity (Wildman–Crippen MR) is 116 cm³/mol. The van der Waals surface area contributed by atoms with E-state index in [2.05, 4.69) is 9.97 Å². The van der Waals surface area contributed by atoms with E-state index in [1.165, 1.54) is 17.7 Å². The Morgan fingerprint density at radius 3 is 2.33 bits per heavy atom. The number of nitriles is 1. The maximum Gasteiger partial charge on any atom is 0.418 e. The van der Waals surface area contributed by atoms with E-state index in [1.807, 2.05) is 6.07 Å². The lowest BCUT2D eigenvalue weighted by atomic mass is 9.92. The van der Waals surface area contributed by atoms with Gasteiger partial charge in [0.15, 0.2) is 0 Å². The lowest BCUT2D eigenvalue weighted by molar-refractivity contribution is -0.147. The molecule has 1 aliphatic rings. The van der Waals surface area contributed by atoms with E-state index in [0.29, 0.717) is 19.8 Å². The quantitative estimate of drug-likeness (QED) is 0.453. The Morgan fingerprint density at radius 1 is 1.19 bits per heavy atom. The highest BCUT2D eigenvalue weighted by Gasteiger charge is 2.39. The number of sulfonamides is 1. The summed E-state index contributed by atoms with van der Waals surface area (Å²) in [4.78, 5) is 7.68. The van der Waals surface area contributed by atoms with Gasteiger partial charge in [0.1, 0.15) is 22.7 Å². The molecule has 0 radical (unpaired) electrons. The number of pyridine rings is 2. The molecule has 0 aromatic carbocycles. The molecule has 1 N–H and O–H groups in total. The number of nitrogens with zero attached hydrogens (tertiary/aromatic N) is 4. The van der Waals surface area contributed by atoms with E-state index in [-0.39, 0.29) is 39.7 Å². The number of fused-ring (bicyclic) bond motifs is 1. The normalized spacial score (nSPS) is 16.1. The van der Waals surface area contributed by atoms with Gasteiger partial charge < -0.3 is 4.57 Å². The average Bonchev–Trinajstić information content (AvgIpc) is 3.03. The summed E-state index contributed by atoms with van der Waals surface area (Å²) in [6.07, 6.45) is -6.41. The fourth-order valence-corrected chi connectivity index (χ4v) is 5.19. The molecule has 1 aliphatic carbocycles. The molecule has 14 heteroatoms. The Bertz CT molecular complexity index is 1470. The number of alkyl halides is 6. The molecule has 1 atom stereocenters. The molecule has 0 bridgehead atoms. The van der Waals surface area contributed by atoms with Crippen molar-refractivity contribution in [2.75, 3.05) is 0 Å². The number of hydrogen-bond acceptors (Lipinski definition) is 5. The van der Waals surface area contributed by atoms with E-state index >= 15 is 0 Å². The van der Waals surface area contributed by atoms with Crippen LogP contribution < -0.4 is 4.72 Å². The molecule has 0 saturated heterocycles. The molecule has 7 nitrogen and oxygen atoms in total. The highest BCUT2D eigenvalue weighted by Crippen LogP contribution is 2.43. The molecule has 192 valence electrons. The Kier molecular flexibility index (Phi) is 6.28. The molecule has 1 saturated carbocycles. The maximum atomic E-state index is 13.5. The lowest BCUT2D eigenvalue weighted by Crippen LogP contribution is -2.42. The molecule has 0 amide bonds. The van der Waals surface area contributed by atoms with Crippen LogP contribution in [0.3, 0.4) is 0 Å². The maximum absolute atomic E-state index is 13.5. The number of halogens is 6. The van der Waals surface area contributed by atoms with E-state index in [1.54, 1.807) is 4.57 Å². The Hall–Kier alpha value is -3.18. The summed E-state index contributed by atoms with van der Waals surface area (Å²) in [5.74, 6) is 0. The zero-order valence-electron chi connectivity index (χ0n) is 18.9.